The van der Waals surface area contributed by atoms with E-state index < -0.39 is 29.3 Å². The summed E-state index contributed by atoms with van der Waals surface area (Å²) in [5, 5.41) is 24.1. The van der Waals surface area contributed by atoms with Gasteiger partial charge in [-0.25, -0.2) is 9.59 Å². The number of carbonyl (C=O) groups excluding carboxylic acids is 2. The number of carboxylic acids is 2. The summed E-state index contributed by atoms with van der Waals surface area (Å²) >= 11 is 0. The highest BCUT2D eigenvalue weighted by Gasteiger charge is 2.18. The normalized spacial score (nSPS) is 10.8. The van der Waals surface area contributed by atoms with Gasteiger partial charge < -0.3 is 15.5 Å². The van der Waals surface area contributed by atoms with Gasteiger partial charge in [0, 0.05) is 12.6 Å². The Bertz CT molecular complexity index is 934. The van der Waals surface area contributed by atoms with Gasteiger partial charge in [-0.1, -0.05) is 12.1 Å². The maximum atomic E-state index is 12.3. The van der Waals surface area contributed by atoms with Crippen LogP contribution in [0.4, 0.5) is 11.4 Å². The minimum absolute atomic E-state index is 0.0420. The molecule has 27 heavy (non-hydrogen) atoms. The largest absolute Gasteiger partial charge is 0.478 e. The van der Waals surface area contributed by atoms with Gasteiger partial charge in [-0.15, -0.1) is 0 Å². The van der Waals surface area contributed by atoms with Crippen LogP contribution in [0.2, 0.25) is 0 Å². The van der Waals surface area contributed by atoms with Gasteiger partial charge in [0.15, 0.2) is 11.5 Å². The molecule has 4 N–H and O–H groups in total. The number of hydrogen-bond donors (Lipinski definition) is 4. The number of nitrogens with zero attached hydrogens (tertiary/aromatic N) is 1. The van der Waals surface area contributed by atoms with Crippen LogP contribution in [0.5, 0.6) is 0 Å². The van der Waals surface area contributed by atoms with Gasteiger partial charge in [-0.2, -0.15) is 5.10 Å². The number of carboxylic acid groups (broad SMARTS) is 2. The van der Waals surface area contributed by atoms with Crippen molar-refractivity contribution in [3.05, 3.63) is 59.7 Å². The van der Waals surface area contributed by atoms with Crippen molar-refractivity contribution in [1.29, 1.82) is 0 Å². The van der Waals surface area contributed by atoms with Crippen molar-refractivity contribution in [1.82, 2.24) is 0 Å². The van der Waals surface area contributed by atoms with Crippen molar-refractivity contribution in [3.8, 4) is 0 Å². The molecule has 0 saturated carbocycles. The van der Waals surface area contributed by atoms with E-state index in [0.717, 1.165) is 6.92 Å². The number of carbonyl (C=O) groups is 4. The van der Waals surface area contributed by atoms with Crippen molar-refractivity contribution in [3.63, 3.8) is 0 Å². The number of ketones is 1. The van der Waals surface area contributed by atoms with Crippen LogP contribution in [0.25, 0.3) is 0 Å². The third kappa shape index (κ3) is 4.98. The molecule has 2 aromatic carbocycles. The quantitative estimate of drug-likeness (QED) is 0.332. The molecule has 2 aromatic rings. The Balaban J connectivity index is 2.20. The number of nitrogens with one attached hydrogen (secondary N) is 2. The van der Waals surface area contributed by atoms with Gasteiger partial charge in [0.05, 0.1) is 16.8 Å². The summed E-state index contributed by atoms with van der Waals surface area (Å²) in [5.41, 5.74) is 2.29. The fourth-order valence-electron chi connectivity index (χ4n) is 2.06. The lowest BCUT2D eigenvalue weighted by molar-refractivity contribution is -0.114. The zero-order chi connectivity index (χ0) is 20.0. The monoisotopic (exact) mass is 369 g/mol. The molecular formula is C18H15N3O6. The first-order valence-electron chi connectivity index (χ1n) is 7.61. The molecule has 0 aliphatic rings. The average molecular weight is 369 g/mol. The summed E-state index contributed by atoms with van der Waals surface area (Å²) in [6.45, 7) is 1.14. The number of benzene rings is 2. The lowest BCUT2D eigenvalue weighted by Crippen LogP contribution is -2.29. The van der Waals surface area contributed by atoms with Gasteiger partial charge >= 0.3 is 11.9 Å². The minimum Gasteiger partial charge on any atom is -0.478 e. The number of para-hydroxylation sites is 1. The molecule has 0 fully saturated rings. The fraction of sp³-hybridized carbons (Fsp3) is 0.0556. The fourth-order valence-corrected chi connectivity index (χ4v) is 2.06. The Hall–Kier alpha value is -4.01. The Morgan fingerprint density at radius 1 is 0.889 bits per heavy atom. The van der Waals surface area contributed by atoms with E-state index in [1.165, 1.54) is 42.5 Å². The third-order valence-electron chi connectivity index (χ3n) is 3.38. The summed E-state index contributed by atoms with van der Waals surface area (Å²) in [4.78, 5) is 46.0. The Morgan fingerprint density at radius 3 is 2.07 bits per heavy atom. The summed E-state index contributed by atoms with van der Waals surface area (Å²) in [6.07, 6.45) is 0. The Kier molecular flexibility index (Phi) is 6.00. The van der Waals surface area contributed by atoms with E-state index in [1.807, 2.05) is 0 Å². The van der Waals surface area contributed by atoms with Crippen molar-refractivity contribution in [2.75, 3.05) is 10.7 Å². The smallest absolute Gasteiger partial charge is 0.337 e. The van der Waals surface area contributed by atoms with Gasteiger partial charge in [0.1, 0.15) is 0 Å². The second kappa shape index (κ2) is 8.39. The van der Waals surface area contributed by atoms with Crippen molar-refractivity contribution in [2.24, 2.45) is 5.10 Å². The van der Waals surface area contributed by atoms with Gasteiger partial charge in [0.25, 0.3) is 5.91 Å². The van der Waals surface area contributed by atoms with Gasteiger partial charge in [-0.3, -0.25) is 15.0 Å². The van der Waals surface area contributed by atoms with Crippen molar-refractivity contribution < 1.29 is 29.4 Å². The third-order valence-corrected chi connectivity index (χ3v) is 3.38. The van der Waals surface area contributed by atoms with Crippen molar-refractivity contribution >= 4 is 40.7 Å². The molecule has 138 valence electrons. The first-order valence-corrected chi connectivity index (χ1v) is 7.61. The highest BCUT2D eigenvalue weighted by atomic mass is 16.4. The van der Waals surface area contributed by atoms with E-state index in [4.69, 9.17) is 10.2 Å². The number of hydrazone groups is 1. The zero-order valence-electron chi connectivity index (χ0n) is 14.1. The number of aromatic carboxylic acids is 2. The van der Waals surface area contributed by atoms with E-state index in [1.54, 1.807) is 6.07 Å². The predicted octanol–water partition coefficient (Wildman–Crippen LogP) is 2.08. The second-order valence-electron chi connectivity index (χ2n) is 5.32. The van der Waals surface area contributed by atoms with Gasteiger partial charge in [0.2, 0.25) is 0 Å². The standard InChI is InChI=1S/C18H15N3O6/c1-10(22)15(21-20-14-5-3-2-4-13(14)18(26)27)16(23)19-12-8-6-11(7-9-12)17(24)25/h2-9,20H,1H3,(H,19,23)(H,24,25)(H,26,27)/b21-15-. The SMILES string of the molecule is CC(=O)/C(=N/Nc1ccccc1C(=O)O)C(=O)Nc1ccc(C(=O)O)cc1. The molecule has 1 amide bonds. The molecule has 0 bridgehead atoms. The molecule has 9 nitrogen and oxygen atoms in total. The molecular weight excluding hydrogens is 354 g/mol. The first kappa shape index (κ1) is 19.3. The maximum Gasteiger partial charge on any atom is 0.337 e. The number of rotatable bonds is 7. The number of Topliss-reactive ketones (excluding diaryl/α,β-unsaturated/α-hetero) is 1. The maximum absolute atomic E-state index is 12.3. The molecule has 9 heteroatoms. The summed E-state index contributed by atoms with van der Waals surface area (Å²) in [6, 6.07) is 11.2. The molecule has 0 radical (unpaired) electrons. The first-order chi connectivity index (χ1) is 12.8. The highest BCUT2D eigenvalue weighted by molar-refractivity contribution is 6.67. The topological polar surface area (TPSA) is 145 Å². The van der Waals surface area contributed by atoms with E-state index in [0.29, 0.717) is 0 Å². The van der Waals surface area contributed by atoms with E-state index >= 15 is 0 Å². The van der Waals surface area contributed by atoms with Crippen LogP contribution in [0.3, 0.4) is 0 Å². The van der Waals surface area contributed by atoms with E-state index in [9.17, 15) is 19.2 Å². The van der Waals surface area contributed by atoms with Crippen molar-refractivity contribution in [2.45, 2.75) is 6.92 Å². The summed E-state index contributed by atoms with van der Waals surface area (Å²) in [7, 11) is 0. The molecule has 0 saturated heterocycles. The van der Waals surface area contributed by atoms with Crippen LogP contribution in [0, 0.1) is 0 Å². The lowest BCUT2D eigenvalue weighted by atomic mass is 10.2. The molecule has 0 atom stereocenters. The number of hydrogen-bond acceptors (Lipinski definition) is 6. The van der Waals surface area contributed by atoms with Crippen LogP contribution in [-0.2, 0) is 9.59 Å². The predicted molar refractivity (Wildman–Crippen MR) is 97.2 cm³/mol. The Labute approximate surface area is 153 Å². The molecule has 0 heterocycles. The number of amides is 1. The number of anilines is 2. The van der Waals surface area contributed by atoms with Gasteiger partial charge in [-0.05, 0) is 36.4 Å². The van der Waals surface area contributed by atoms with Crippen LogP contribution in [-0.4, -0.2) is 39.6 Å². The highest BCUT2D eigenvalue weighted by Crippen LogP contribution is 2.15. The van der Waals surface area contributed by atoms with Crippen LogP contribution in [0.1, 0.15) is 27.6 Å². The lowest BCUT2D eigenvalue weighted by Gasteiger charge is -2.08. The van der Waals surface area contributed by atoms with E-state index in [-0.39, 0.29) is 22.5 Å². The van der Waals surface area contributed by atoms with E-state index in [2.05, 4.69) is 15.8 Å². The van der Waals surface area contributed by atoms with Crippen LogP contribution in [0.15, 0.2) is 53.6 Å². The van der Waals surface area contributed by atoms with Crippen LogP contribution >= 0.6 is 0 Å². The molecule has 2 rings (SSSR count). The molecule has 0 aromatic heterocycles. The molecule has 0 spiro atoms. The second-order valence-corrected chi connectivity index (χ2v) is 5.32. The Morgan fingerprint density at radius 2 is 1.52 bits per heavy atom. The zero-order valence-corrected chi connectivity index (χ0v) is 14.1. The molecule has 0 aliphatic carbocycles. The minimum atomic E-state index is -1.19. The average Bonchev–Trinajstić information content (AvgIpc) is 2.62. The van der Waals surface area contributed by atoms with Crippen LogP contribution < -0.4 is 10.7 Å². The molecule has 0 aliphatic heterocycles. The summed E-state index contributed by atoms with van der Waals surface area (Å²) in [5.74, 6) is -3.78. The molecule has 0 unspecified atom stereocenters. The summed E-state index contributed by atoms with van der Waals surface area (Å²) < 4.78 is 0.